The zero-order valence-electron chi connectivity index (χ0n) is 13.5. The normalized spacial score (nSPS) is 10.4. The Balaban J connectivity index is 1.55. The summed E-state index contributed by atoms with van der Waals surface area (Å²) in [6.45, 7) is 2.76. The fraction of sp³-hybridized carbons (Fsp3) is 0.150. The van der Waals surface area contributed by atoms with Crippen molar-refractivity contribution in [1.29, 1.82) is 0 Å². The minimum Gasteiger partial charge on any atom is -0.492 e. The van der Waals surface area contributed by atoms with Gasteiger partial charge in [-0.3, -0.25) is 4.79 Å². The van der Waals surface area contributed by atoms with Gasteiger partial charge in [-0.05, 0) is 49.4 Å². The average Bonchev–Trinajstić information content (AvgIpc) is 2.61. The van der Waals surface area contributed by atoms with Gasteiger partial charge < -0.3 is 14.0 Å². The van der Waals surface area contributed by atoms with Crippen LogP contribution in [0.25, 0.3) is 0 Å². The lowest BCUT2D eigenvalue weighted by atomic mass is 10.3. The lowest BCUT2D eigenvalue weighted by Gasteiger charge is -2.10. The van der Waals surface area contributed by atoms with Gasteiger partial charge in [0.05, 0.1) is 6.54 Å². The van der Waals surface area contributed by atoms with E-state index in [-0.39, 0.29) is 5.56 Å². The molecule has 0 amide bonds. The van der Waals surface area contributed by atoms with Crippen molar-refractivity contribution in [2.75, 3.05) is 6.61 Å². The van der Waals surface area contributed by atoms with Gasteiger partial charge in [0.2, 0.25) is 0 Å². The van der Waals surface area contributed by atoms with E-state index in [1.807, 2.05) is 73.7 Å². The smallest absolute Gasteiger partial charge is 0.253 e. The Kier molecular flexibility index (Phi) is 4.96. The summed E-state index contributed by atoms with van der Waals surface area (Å²) in [6, 6.07) is 20.7. The van der Waals surface area contributed by atoms with Gasteiger partial charge in [0.15, 0.2) is 0 Å². The SMILES string of the molecule is Cc1cccn(CCOc2ccc(Oc3ccccc3)cc2)c1=O. The summed E-state index contributed by atoms with van der Waals surface area (Å²) in [5, 5.41) is 0. The molecule has 0 bridgehead atoms. The predicted octanol–water partition coefficient (Wildman–Crippen LogP) is 4.03. The van der Waals surface area contributed by atoms with Crippen molar-refractivity contribution in [1.82, 2.24) is 4.57 Å². The van der Waals surface area contributed by atoms with Gasteiger partial charge >= 0.3 is 0 Å². The molecule has 0 fully saturated rings. The van der Waals surface area contributed by atoms with Crippen molar-refractivity contribution in [2.24, 2.45) is 0 Å². The molecule has 0 unspecified atom stereocenters. The van der Waals surface area contributed by atoms with E-state index in [9.17, 15) is 4.79 Å². The number of para-hydroxylation sites is 1. The summed E-state index contributed by atoms with van der Waals surface area (Å²) in [4.78, 5) is 11.9. The third-order valence-electron chi connectivity index (χ3n) is 3.61. The van der Waals surface area contributed by atoms with Gasteiger partial charge in [-0.15, -0.1) is 0 Å². The van der Waals surface area contributed by atoms with Crippen LogP contribution in [0.4, 0.5) is 0 Å². The number of benzene rings is 2. The minimum absolute atomic E-state index is 0.0210. The van der Waals surface area contributed by atoms with Gasteiger partial charge in [0.25, 0.3) is 5.56 Å². The molecule has 0 N–H and O–H groups in total. The highest BCUT2D eigenvalue weighted by molar-refractivity contribution is 5.35. The standard InChI is InChI=1S/C20H19NO3/c1-16-6-5-13-21(20(16)22)14-15-23-17-9-11-19(12-10-17)24-18-7-3-2-4-8-18/h2-13H,14-15H2,1H3. The van der Waals surface area contributed by atoms with Crippen LogP contribution in [-0.2, 0) is 6.54 Å². The maximum atomic E-state index is 11.9. The third kappa shape index (κ3) is 4.04. The Labute approximate surface area is 140 Å². The molecule has 122 valence electrons. The molecule has 0 aliphatic heterocycles. The van der Waals surface area contributed by atoms with Crippen molar-refractivity contribution in [3.05, 3.63) is 88.8 Å². The number of ether oxygens (including phenoxy) is 2. The Morgan fingerprint density at radius 1 is 0.833 bits per heavy atom. The minimum atomic E-state index is 0.0210. The maximum Gasteiger partial charge on any atom is 0.253 e. The molecule has 24 heavy (non-hydrogen) atoms. The monoisotopic (exact) mass is 321 g/mol. The van der Waals surface area contributed by atoms with Gasteiger partial charge in [-0.25, -0.2) is 0 Å². The molecule has 4 heteroatoms. The molecular weight excluding hydrogens is 302 g/mol. The second kappa shape index (κ2) is 7.51. The van der Waals surface area contributed by atoms with Crippen LogP contribution >= 0.6 is 0 Å². The van der Waals surface area contributed by atoms with Gasteiger partial charge in [0.1, 0.15) is 23.9 Å². The summed E-state index contributed by atoms with van der Waals surface area (Å²) in [7, 11) is 0. The molecule has 3 rings (SSSR count). The number of hydrogen-bond donors (Lipinski definition) is 0. The van der Waals surface area contributed by atoms with E-state index in [1.165, 1.54) is 0 Å². The molecule has 0 spiro atoms. The topological polar surface area (TPSA) is 40.5 Å². The molecule has 1 aromatic heterocycles. The number of rotatable bonds is 6. The fourth-order valence-electron chi connectivity index (χ4n) is 2.32. The summed E-state index contributed by atoms with van der Waals surface area (Å²) in [6.07, 6.45) is 1.77. The third-order valence-corrected chi connectivity index (χ3v) is 3.61. The lowest BCUT2D eigenvalue weighted by Crippen LogP contribution is -2.23. The summed E-state index contributed by atoms with van der Waals surface area (Å²) in [5.74, 6) is 2.30. The van der Waals surface area contributed by atoms with Crippen LogP contribution < -0.4 is 15.0 Å². The summed E-state index contributed by atoms with van der Waals surface area (Å²) >= 11 is 0. The molecule has 0 saturated carbocycles. The highest BCUT2D eigenvalue weighted by Gasteiger charge is 2.01. The fourth-order valence-corrected chi connectivity index (χ4v) is 2.32. The number of pyridine rings is 1. The highest BCUT2D eigenvalue weighted by Crippen LogP contribution is 2.23. The Morgan fingerprint density at radius 3 is 2.25 bits per heavy atom. The van der Waals surface area contributed by atoms with Crippen molar-refractivity contribution >= 4 is 0 Å². The quantitative estimate of drug-likeness (QED) is 0.688. The van der Waals surface area contributed by atoms with E-state index < -0.39 is 0 Å². The molecule has 1 heterocycles. The first-order valence-electron chi connectivity index (χ1n) is 7.84. The molecule has 0 aliphatic carbocycles. The number of nitrogens with zero attached hydrogens (tertiary/aromatic N) is 1. The summed E-state index contributed by atoms with van der Waals surface area (Å²) in [5.41, 5.74) is 0.757. The zero-order chi connectivity index (χ0) is 16.8. The largest absolute Gasteiger partial charge is 0.492 e. The summed E-state index contributed by atoms with van der Waals surface area (Å²) < 4.78 is 13.1. The molecular formula is C20H19NO3. The number of aryl methyl sites for hydroxylation is 1. The van der Waals surface area contributed by atoms with Gasteiger partial charge in [0, 0.05) is 11.8 Å². The number of hydrogen-bond acceptors (Lipinski definition) is 3. The van der Waals surface area contributed by atoms with Crippen LogP contribution in [-0.4, -0.2) is 11.2 Å². The van der Waals surface area contributed by atoms with Gasteiger partial charge in [-0.2, -0.15) is 0 Å². The van der Waals surface area contributed by atoms with Crippen LogP contribution in [0.1, 0.15) is 5.56 Å². The van der Waals surface area contributed by atoms with Crippen molar-refractivity contribution in [3.8, 4) is 17.2 Å². The lowest BCUT2D eigenvalue weighted by molar-refractivity contribution is 0.296. The Hall–Kier alpha value is -3.01. The molecule has 0 radical (unpaired) electrons. The van der Waals surface area contributed by atoms with E-state index in [0.29, 0.717) is 13.2 Å². The van der Waals surface area contributed by atoms with Crippen LogP contribution in [0.15, 0.2) is 77.7 Å². The molecule has 0 atom stereocenters. The van der Waals surface area contributed by atoms with E-state index in [2.05, 4.69) is 0 Å². The molecule has 0 aliphatic rings. The van der Waals surface area contributed by atoms with Crippen LogP contribution in [0, 0.1) is 6.92 Å². The van der Waals surface area contributed by atoms with Crippen molar-refractivity contribution in [3.63, 3.8) is 0 Å². The van der Waals surface area contributed by atoms with E-state index >= 15 is 0 Å². The first-order chi connectivity index (χ1) is 11.7. The van der Waals surface area contributed by atoms with Crippen molar-refractivity contribution < 1.29 is 9.47 Å². The van der Waals surface area contributed by atoms with Crippen LogP contribution in [0.2, 0.25) is 0 Å². The molecule has 2 aromatic carbocycles. The Morgan fingerprint density at radius 2 is 1.50 bits per heavy atom. The van der Waals surface area contributed by atoms with Gasteiger partial charge in [-0.1, -0.05) is 24.3 Å². The van der Waals surface area contributed by atoms with Crippen LogP contribution in [0.5, 0.6) is 17.2 Å². The molecule has 3 aromatic rings. The van der Waals surface area contributed by atoms with E-state index in [4.69, 9.17) is 9.47 Å². The van der Waals surface area contributed by atoms with E-state index in [0.717, 1.165) is 22.8 Å². The molecule has 0 saturated heterocycles. The molecule has 4 nitrogen and oxygen atoms in total. The Bertz CT molecular complexity index is 839. The maximum absolute atomic E-state index is 11.9. The van der Waals surface area contributed by atoms with Crippen molar-refractivity contribution in [2.45, 2.75) is 13.5 Å². The van der Waals surface area contributed by atoms with E-state index in [1.54, 1.807) is 10.8 Å². The van der Waals surface area contributed by atoms with Crippen LogP contribution in [0.3, 0.4) is 0 Å². The second-order valence-electron chi connectivity index (χ2n) is 5.42. The first-order valence-corrected chi connectivity index (χ1v) is 7.84. The average molecular weight is 321 g/mol. The predicted molar refractivity (Wildman–Crippen MR) is 93.9 cm³/mol. The first kappa shape index (κ1) is 15.9. The number of aromatic nitrogens is 1. The second-order valence-corrected chi connectivity index (χ2v) is 5.42. The zero-order valence-corrected chi connectivity index (χ0v) is 13.5. The highest BCUT2D eigenvalue weighted by atomic mass is 16.5.